The Morgan fingerprint density at radius 1 is 1.27 bits per heavy atom. The van der Waals surface area contributed by atoms with Gasteiger partial charge in [0.1, 0.15) is 6.04 Å². The molecule has 1 aromatic carbocycles. The van der Waals surface area contributed by atoms with Crippen LogP contribution in [0.3, 0.4) is 0 Å². The fourth-order valence-electron chi connectivity index (χ4n) is 2.79. The quantitative estimate of drug-likeness (QED) is 0.678. The number of para-hydroxylation sites is 1. The molecule has 0 bridgehead atoms. The first kappa shape index (κ1) is 17.5. The van der Waals surface area contributed by atoms with Crippen molar-refractivity contribution in [2.45, 2.75) is 12.5 Å². The number of amides is 1. The van der Waals surface area contributed by atoms with Gasteiger partial charge in [0.05, 0.1) is 7.11 Å². The number of methoxy groups -OCH3 is 1. The molecule has 2 heterocycles. The van der Waals surface area contributed by atoms with Crippen molar-refractivity contribution in [3.05, 3.63) is 70.3 Å². The lowest BCUT2D eigenvalue weighted by Gasteiger charge is -2.16. The number of carbonyl (C=O) groups excluding carboxylic acids is 2. The molecular formula is C19H19N3O4. The Morgan fingerprint density at radius 3 is 2.77 bits per heavy atom. The monoisotopic (exact) mass is 353 g/mol. The maximum absolute atomic E-state index is 12.5. The fraction of sp³-hybridized carbons (Fsp3) is 0.211. The lowest BCUT2D eigenvalue weighted by Crippen LogP contribution is -2.43. The summed E-state index contributed by atoms with van der Waals surface area (Å²) in [7, 11) is 2.87. The Labute approximate surface area is 149 Å². The third-order valence-corrected chi connectivity index (χ3v) is 4.26. The largest absolute Gasteiger partial charge is 0.467 e. The average Bonchev–Trinajstić information content (AvgIpc) is 3.05. The number of aryl methyl sites for hydroxylation is 1. The number of H-pyrrole nitrogens is 1. The summed E-state index contributed by atoms with van der Waals surface area (Å²) >= 11 is 0. The van der Waals surface area contributed by atoms with Crippen LogP contribution in [0.15, 0.2) is 53.6 Å². The van der Waals surface area contributed by atoms with Crippen molar-refractivity contribution >= 4 is 22.8 Å². The Morgan fingerprint density at radius 2 is 2.04 bits per heavy atom. The molecule has 134 valence electrons. The van der Waals surface area contributed by atoms with Crippen LogP contribution in [-0.2, 0) is 23.0 Å². The predicted octanol–water partition coefficient (Wildman–Crippen LogP) is 1.38. The molecule has 1 atom stereocenters. The number of rotatable bonds is 5. The highest BCUT2D eigenvalue weighted by atomic mass is 16.5. The number of aromatic amines is 1. The van der Waals surface area contributed by atoms with Gasteiger partial charge in [0.25, 0.3) is 11.5 Å². The summed E-state index contributed by atoms with van der Waals surface area (Å²) in [6.45, 7) is 0. The molecule has 1 amide bonds. The minimum atomic E-state index is -0.865. The second-order valence-electron chi connectivity index (χ2n) is 5.98. The highest BCUT2D eigenvalue weighted by molar-refractivity contribution is 5.97. The van der Waals surface area contributed by atoms with E-state index in [9.17, 15) is 14.4 Å². The Bertz CT molecular complexity index is 1020. The van der Waals surface area contributed by atoms with Crippen molar-refractivity contribution in [2.24, 2.45) is 7.05 Å². The predicted molar refractivity (Wildman–Crippen MR) is 97.0 cm³/mol. The van der Waals surface area contributed by atoms with Crippen molar-refractivity contribution in [2.75, 3.05) is 7.11 Å². The van der Waals surface area contributed by atoms with Gasteiger partial charge >= 0.3 is 5.97 Å². The van der Waals surface area contributed by atoms with Crippen molar-refractivity contribution < 1.29 is 14.3 Å². The highest BCUT2D eigenvalue weighted by Crippen LogP contribution is 2.19. The van der Waals surface area contributed by atoms with Gasteiger partial charge in [-0.05, 0) is 17.7 Å². The normalized spacial score (nSPS) is 11.9. The lowest BCUT2D eigenvalue weighted by molar-refractivity contribution is -0.142. The molecule has 0 aliphatic rings. The summed E-state index contributed by atoms with van der Waals surface area (Å²) in [5.74, 6) is -1.05. The number of ether oxygens (including phenoxy) is 1. The van der Waals surface area contributed by atoms with Crippen molar-refractivity contribution in [3.63, 3.8) is 0 Å². The van der Waals surface area contributed by atoms with E-state index in [4.69, 9.17) is 4.74 Å². The molecule has 7 nitrogen and oxygen atoms in total. The van der Waals surface area contributed by atoms with Gasteiger partial charge in [-0.25, -0.2) is 4.79 Å². The smallest absolute Gasteiger partial charge is 0.328 e. The number of aromatic nitrogens is 2. The molecule has 7 heteroatoms. The first-order chi connectivity index (χ1) is 12.5. The van der Waals surface area contributed by atoms with Crippen molar-refractivity contribution in [3.8, 4) is 0 Å². The number of carbonyl (C=O) groups is 2. The van der Waals surface area contributed by atoms with Crippen LogP contribution in [0, 0.1) is 0 Å². The van der Waals surface area contributed by atoms with Gasteiger partial charge in [-0.2, -0.15) is 0 Å². The Balaban J connectivity index is 1.84. The van der Waals surface area contributed by atoms with E-state index in [0.29, 0.717) is 0 Å². The van der Waals surface area contributed by atoms with Crippen LogP contribution < -0.4 is 10.9 Å². The van der Waals surface area contributed by atoms with Gasteiger partial charge in [-0.1, -0.05) is 18.2 Å². The molecule has 26 heavy (non-hydrogen) atoms. The average molecular weight is 353 g/mol. The molecule has 2 N–H and O–H groups in total. The number of hydrogen-bond donors (Lipinski definition) is 2. The van der Waals surface area contributed by atoms with E-state index in [0.717, 1.165) is 16.5 Å². The van der Waals surface area contributed by atoms with E-state index in [-0.39, 0.29) is 17.5 Å². The van der Waals surface area contributed by atoms with Gasteiger partial charge in [0.15, 0.2) is 0 Å². The van der Waals surface area contributed by atoms with Crippen LogP contribution in [0.25, 0.3) is 10.9 Å². The van der Waals surface area contributed by atoms with E-state index in [2.05, 4.69) is 10.3 Å². The zero-order valence-electron chi connectivity index (χ0n) is 14.5. The summed E-state index contributed by atoms with van der Waals surface area (Å²) in [6.07, 6.45) is 3.59. The molecule has 3 aromatic rings. The number of nitrogens with zero attached hydrogens (tertiary/aromatic N) is 1. The minimum Gasteiger partial charge on any atom is -0.467 e. The highest BCUT2D eigenvalue weighted by Gasteiger charge is 2.24. The van der Waals surface area contributed by atoms with Gasteiger partial charge in [-0.15, -0.1) is 0 Å². The summed E-state index contributed by atoms with van der Waals surface area (Å²) in [4.78, 5) is 39.5. The summed E-state index contributed by atoms with van der Waals surface area (Å²) in [6, 6.07) is 9.59. The zero-order valence-corrected chi connectivity index (χ0v) is 14.5. The SMILES string of the molecule is COC(=O)C(Cc1c[nH]c2ccccc12)NC(=O)c1ccn(C)c(=O)c1. The first-order valence-corrected chi connectivity index (χ1v) is 8.10. The standard InChI is InChI=1S/C19H19N3O4/c1-22-8-7-12(10-17(22)23)18(24)21-16(19(25)26-2)9-13-11-20-15-6-4-3-5-14(13)15/h3-8,10-11,16,20H,9H2,1-2H3,(H,21,24). The van der Waals surface area contributed by atoms with Crippen LogP contribution >= 0.6 is 0 Å². The maximum Gasteiger partial charge on any atom is 0.328 e. The van der Waals surface area contributed by atoms with Gasteiger partial charge in [0, 0.05) is 48.4 Å². The molecule has 3 rings (SSSR count). The molecule has 0 aliphatic heterocycles. The molecule has 0 spiro atoms. The summed E-state index contributed by atoms with van der Waals surface area (Å²) < 4.78 is 6.18. The molecule has 0 fully saturated rings. The van der Waals surface area contributed by atoms with E-state index in [1.807, 2.05) is 30.5 Å². The molecule has 0 radical (unpaired) electrons. The number of fused-ring (bicyclic) bond motifs is 1. The van der Waals surface area contributed by atoms with Gasteiger partial charge < -0.3 is 19.6 Å². The molecule has 2 aromatic heterocycles. The number of benzene rings is 1. The number of esters is 1. The van der Waals surface area contributed by atoms with E-state index in [1.54, 1.807) is 7.05 Å². The van der Waals surface area contributed by atoms with Gasteiger partial charge in [-0.3, -0.25) is 9.59 Å². The molecule has 0 saturated heterocycles. The number of pyridine rings is 1. The van der Waals surface area contributed by atoms with Crippen LogP contribution in [-0.4, -0.2) is 34.6 Å². The van der Waals surface area contributed by atoms with Crippen LogP contribution in [0.1, 0.15) is 15.9 Å². The third kappa shape index (κ3) is 3.51. The topological polar surface area (TPSA) is 93.2 Å². The first-order valence-electron chi connectivity index (χ1n) is 8.10. The third-order valence-electron chi connectivity index (χ3n) is 4.26. The van der Waals surface area contributed by atoms with Gasteiger partial charge in [0.2, 0.25) is 0 Å². The maximum atomic E-state index is 12.5. The van der Waals surface area contributed by atoms with E-state index in [1.165, 1.54) is 30.0 Å². The van der Waals surface area contributed by atoms with Crippen LogP contribution in [0.5, 0.6) is 0 Å². The summed E-state index contributed by atoms with van der Waals surface area (Å²) in [5, 5.41) is 3.63. The van der Waals surface area contributed by atoms with Crippen LogP contribution in [0.2, 0.25) is 0 Å². The second kappa shape index (κ2) is 7.26. The number of nitrogens with one attached hydrogen (secondary N) is 2. The second-order valence-corrected chi connectivity index (χ2v) is 5.98. The molecular weight excluding hydrogens is 334 g/mol. The Hall–Kier alpha value is -3.35. The zero-order chi connectivity index (χ0) is 18.7. The van der Waals surface area contributed by atoms with Crippen LogP contribution in [0.4, 0.5) is 0 Å². The molecule has 0 saturated carbocycles. The van der Waals surface area contributed by atoms with E-state index >= 15 is 0 Å². The van der Waals surface area contributed by atoms with Crippen molar-refractivity contribution in [1.29, 1.82) is 0 Å². The number of hydrogen-bond acceptors (Lipinski definition) is 4. The summed E-state index contributed by atoms with van der Waals surface area (Å²) in [5.41, 5.74) is 1.73. The molecule has 0 aliphatic carbocycles. The van der Waals surface area contributed by atoms with E-state index < -0.39 is 17.9 Å². The fourth-order valence-corrected chi connectivity index (χ4v) is 2.79. The Kier molecular flexibility index (Phi) is 4.88. The van der Waals surface area contributed by atoms with Crippen molar-refractivity contribution in [1.82, 2.24) is 14.9 Å². The molecule has 1 unspecified atom stereocenters. The lowest BCUT2D eigenvalue weighted by atomic mass is 10.0. The minimum absolute atomic E-state index is 0.195.